The maximum Gasteiger partial charge on any atom is 0.410 e. The second-order valence-electron chi connectivity index (χ2n) is 4.47. The summed E-state index contributed by atoms with van der Waals surface area (Å²) in [5.41, 5.74) is 9.06. The van der Waals surface area contributed by atoms with Crippen LogP contribution in [0.1, 0.15) is 0 Å². The van der Waals surface area contributed by atoms with Crippen LogP contribution in [0.5, 0.6) is 17.5 Å². The van der Waals surface area contributed by atoms with E-state index in [0.717, 1.165) is 21.6 Å². The lowest BCUT2D eigenvalue weighted by Gasteiger charge is -2.10. The molecule has 0 fully saturated rings. The standard InChI is InChI=1S/C14H12N4O4/c15-14(21)22-11-7-12(19)18(13(11)20)17-9-3-4-10-8(6-9)2-1-5-16-10/h1-7,17,19-20H,(H2,15,21). The summed E-state index contributed by atoms with van der Waals surface area (Å²) in [4.78, 5) is 14.9. The first-order chi connectivity index (χ1) is 10.5. The van der Waals surface area contributed by atoms with Crippen molar-refractivity contribution in [1.29, 1.82) is 0 Å². The van der Waals surface area contributed by atoms with Gasteiger partial charge in [-0.1, -0.05) is 6.07 Å². The molecule has 22 heavy (non-hydrogen) atoms. The van der Waals surface area contributed by atoms with E-state index in [4.69, 9.17) is 5.73 Å². The smallest absolute Gasteiger partial charge is 0.410 e. The molecule has 0 saturated carbocycles. The lowest BCUT2D eigenvalue weighted by Crippen LogP contribution is -2.16. The van der Waals surface area contributed by atoms with Crippen molar-refractivity contribution in [2.45, 2.75) is 0 Å². The van der Waals surface area contributed by atoms with Crippen LogP contribution in [0.15, 0.2) is 42.6 Å². The molecule has 0 unspecified atom stereocenters. The summed E-state index contributed by atoms with van der Waals surface area (Å²) in [6.07, 6.45) is 0.594. The number of fused-ring (bicyclic) bond motifs is 1. The Kier molecular flexibility index (Phi) is 3.18. The van der Waals surface area contributed by atoms with Gasteiger partial charge in [0.05, 0.1) is 11.2 Å². The molecule has 3 rings (SSSR count). The lowest BCUT2D eigenvalue weighted by atomic mass is 10.2. The van der Waals surface area contributed by atoms with Gasteiger partial charge in [-0.2, -0.15) is 4.68 Å². The van der Waals surface area contributed by atoms with Gasteiger partial charge in [0.2, 0.25) is 5.88 Å². The van der Waals surface area contributed by atoms with Crippen LogP contribution in [0.25, 0.3) is 10.9 Å². The summed E-state index contributed by atoms with van der Waals surface area (Å²) < 4.78 is 5.53. The van der Waals surface area contributed by atoms with E-state index in [0.29, 0.717) is 5.69 Å². The molecule has 1 aromatic carbocycles. The highest BCUT2D eigenvalue weighted by Crippen LogP contribution is 2.34. The monoisotopic (exact) mass is 300 g/mol. The van der Waals surface area contributed by atoms with E-state index in [1.54, 1.807) is 30.5 Å². The fourth-order valence-electron chi connectivity index (χ4n) is 2.03. The van der Waals surface area contributed by atoms with Crippen LogP contribution in [0, 0.1) is 0 Å². The van der Waals surface area contributed by atoms with Crippen molar-refractivity contribution in [3.63, 3.8) is 0 Å². The van der Waals surface area contributed by atoms with Crippen LogP contribution in [-0.4, -0.2) is 26.0 Å². The molecule has 0 aliphatic rings. The molecule has 3 aromatic rings. The topological polar surface area (TPSA) is 123 Å². The van der Waals surface area contributed by atoms with Crippen LogP contribution in [0.4, 0.5) is 10.5 Å². The second kappa shape index (κ2) is 5.17. The molecule has 0 saturated heterocycles. The van der Waals surface area contributed by atoms with Gasteiger partial charge in [0.25, 0.3) is 5.88 Å². The van der Waals surface area contributed by atoms with Gasteiger partial charge in [0, 0.05) is 17.6 Å². The Labute approximate surface area is 124 Å². The molecule has 2 aromatic heterocycles. The molecule has 0 atom stereocenters. The Bertz CT molecular complexity index is 859. The summed E-state index contributed by atoms with van der Waals surface area (Å²) >= 11 is 0. The zero-order chi connectivity index (χ0) is 15.7. The van der Waals surface area contributed by atoms with E-state index in [1.807, 2.05) is 6.07 Å². The molecular weight excluding hydrogens is 288 g/mol. The number of benzene rings is 1. The number of aromatic hydroxyl groups is 2. The fourth-order valence-corrected chi connectivity index (χ4v) is 2.03. The largest absolute Gasteiger partial charge is 0.493 e. The number of rotatable bonds is 3. The maximum absolute atomic E-state index is 10.7. The van der Waals surface area contributed by atoms with Crippen LogP contribution >= 0.6 is 0 Å². The Morgan fingerprint density at radius 1 is 1.27 bits per heavy atom. The minimum Gasteiger partial charge on any atom is -0.493 e. The molecule has 8 heteroatoms. The molecule has 0 bridgehead atoms. The number of nitrogens with one attached hydrogen (secondary N) is 1. The molecule has 0 spiro atoms. The number of ether oxygens (including phenoxy) is 1. The number of primary amides is 1. The number of anilines is 1. The average Bonchev–Trinajstić information content (AvgIpc) is 2.74. The number of carbonyl (C=O) groups excluding carboxylic acids is 1. The number of hydrogen-bond acceptors (Lipinski definition) is 6. The van der Waals surface area contributed by atoms with E-state index in [2.05, 4.69) is 15.1 Å². The van der Waals surface area contributed by atoms with Crippen LogP contribution in [0.2, 0.25) is 0 Å². The van der Waals surface area contributed by atoms with Gasteiger partial charge in [-0.05, 0) is 24.3 Å². The molecule has 8 nitrogen and oxygen atoms in total. The summed E-state index contributed by atoms with van der Waals surface area (Å²) in [5.74, 6) is -1.08. The predicted octanol–water partition coefficient (Wildman–Crippen LogP) is 1.78. The Morgan fingerprint density at radius 3 is 2.86 bits per heavy atom. The summed E-state index contributed by atoms with van der Waals surface area (Å²) in [6, 6.07) is 10.0. The van der Waals surface area contributed by atoms with Gasteiger partial charge >= 0.3 is 6.09 Å². The van der Waals surface area contributed by atoms with Crippen molar-refractivity contribution < 1.29 is 19.7 Å². The number of amides is 1. The van der Waals surface area contributed by atoms with Gasteiger partial charge in [-0.3, -0.25) is 10.4 Å². The minimum absolute atomic E-state index is 0.250. The van der Waals surface area contributed by atoms with Crippen molar-refractivity contribution in [2.24, 2.45) is 5.73 Å². The molecule has 1 amide bonds. The van der Waals surface area contributed by atoms with Crippen molar-refractivity contribution in [3.05, 3.63) is 42.6 Å². The summed E-state index contributed by atoms with van der Waals surface area (Å²) in [7, 11) is 0. The van der Waals surface area contributed by atoms with Crippen molar-refractivity contribution in [2.75, 3.05) is 5.43 Å². The van der Waals surface area contributed by atoms with E-state index in [1.165, 1.54) is 0 Å². The van der Waals surface area contributed by atoms with Crippen molar-refractivity contribution in [3.8, 4) is 17.5 Å². The first kappa shape index (κ1) is 13.6. The predicted molar refractivity (Wildman–Crippen MR) is 78.7 cm³/mol. The van der Waals surface area contributed by atoms with Crippen LogP contribution in [0.3, 0.4) is 0 Å². The van der Waals surface area contributed by atoms with Crippen molar-refractivity contribution in [1.82, 2.24) is 9.66 Å². The average molecular weight is 300 g/mol. The van der Waals surface area contributed by atoms with Gasteiger partial charge in [0.15, 0.2) is 5.75 Å². The third-order valence-corrected chi connectivity index (χ3v) is 2.98. The van der Waals surface area contributed by atoms with Gasteiger partial charge in [0.1, 0.15) is 0 Å². The summed E-state index contributed by atoms with van der Waals surface area (Å²) in [5, 5.41) is 20.6. The third-order valence-electron chi connectivity index (χ3n) is 2.98. The maximum atomic E-state index is 10.7. The third kappa shape index (κ3) is 2.44. The number of hydrogen-bond donors (Lipinski definition) is 4. The Balaban J connectivity index is 1.94. The number of aromatic nitrogens is 2. The van der Waals surface area contributed by atoms with E-state index in [-0.39, 0.29) is 11.6 Å². The normalized spacial score (nSPS) is 10.5. The molecule has 5 N–H and O–H groups in total. The molecule has 0 radical (unpaired) electrons. The number of nitrogens with zero attached hydrogens (tertiary/aromatic N) is 2. The highest BCUT2D eigenvalue weighted by atomic mass is 16.6. The number of pyridine rings is 1. The van der Waals surface area contributed by atoms with Crippen LogP contribution < -0.4 is 15.9 Å². The number of carbonyl (C=O) groups is 1. The lowest BCUT2D eigenvalue weighted by molar-refractivity contribution is 0.208. The molecule has 0 aliphatic carbocycles. The molecule has 2 heterocycles. The van der Waals surface area contributed by atoms with E-state index in [9.17, 15) is 15.0 Å². The zero-order valence-corrected chi connectivity index (χ0v) is 11.2. The molecule has 0 aliphatic heterocycles. The van der Waals surface area contributed by atoms with Crippen LogP contribution in [-0.2, 0) is 0 Å². The summed E-state index contributed by atoms with van der Waals surface area (Å²) in [6.45, 7) is 0. The SMILES string of the molecule is NC(=O)Oc1cc(O)n(Nc2ccc3ncccc3c2)c1O. The fraction of sp³-hybridized carbons (Fsp3) is 0. The van der Waals surface area contributed by atoms with E-state index < -0.39 is 12.0 Å². The first-order valence-electron chi connectivity index (χ1n) is 6.27. The zero-order valence-electron chi connectivity index (χ0n) is 11.2. The van der Waals surface area contributed by atoms with Crippen molar-refractivity contribution >= 4 is 22.7 Å². The quantitative estimate of drug-likeness (QED) is 0.584. The van der Waals surface area contributed by atoms with E-state index >= 15 is 0 Å². The minimum atomic E-state index is -1.09. The number of nitrogens with two attached hydrogens (primary N) is 1. The highest BCUT2D eigenvalue weighted by molar-refractivity contribution is 5.82. The second-order valence-corrected chi connectivity index (χ2v) is 4.47. The molecule has 112 valence electrons. The first-order valence-corrected chi connectivity index (χ1v) is 6.27. The van der Waals surface area contributed by atoms with Gasteiger partial charge in [-0.25, -0.2) is 4.79 Å². The van der Waals surface area contributed by atoms with Gasteiger partial charge in [-0.15, -0.1) is 0 Å². The highest BCUT2D eigenvalue weighted by Gasteiger charge is 2.17. The van der Waals surface area contributed by atoms with Gasteiger partial charge < -0.3 is 20.7 Å². The Morgan fingerprint density at radius 2 is 2.09 bits per heavy atom. The Hall–Kier alpha value is -3.42. The molecular formula is C14H12N4O4.